The van der Waals surface area contributed by atoms with Gasteiger partial charge in [0.15, 0.2) is 6.07 Å². The molecule has 0 bridgehead atoms. The van der Waals surface area contributed by atoms with Crippen LogP contribution in [0, 0.1) is 18.3 Å². The summed E-state index contributed by atoms with van der Waals surface area (Å²) < 4.78 is 5.21. The van der Waals surface area contributed by atoms with Crippen molar-refractivity contribution in [1.82, 2.24) is 25.1 Å². The predicted octanol–water partition coefficient (Wildman–Crippen LogP) is 4.69. The maximum Gasteiger partial charge on any atom is 0.321 e. The molecule has 37 heavy (non-hydrogen) atoms. The van der Waals surface area contributed by atoms with Crippen LogP contribution in [0.15, 0.2) is 83.7 Å². The molecule has 5 rings (SSSR count). The van der Waals surface area contributed by atoms with Crippen molar-refractivity contribution in [3.63, 3.8) is 0 Å². The monoisotopic (exact) mass is 488 g/mol. The minimum absolute atomic E-state index is 0.0780. The molecule has 0 saturated heterocycles. The van der Waals surface area contributed by atoms with Crippen LogP contribution in [-0.2, 0) is 6.42 Å². The van der Waals surface area contributed by atoms with Crippen molar-refractivity contribution in [3.8, 4) is 17.3 Å². The molecule has 0 saturated carbocycles. The SMILES string of the molecule is Cc1ccc(NC(=O)c2ccc(Cc3nnc(C#N)o3)cc2)cc1Nc1nccc(-c2cccnc2)n1. The molecule has 0 aliphatic heterocycles. The van der Waals surface area contributed by atoms with Crippen molar-refractivity contribution >= 4 is 23.2 Å². The van der Waals surface area contributed by atoms with E-state index in [9.17, 15) is 4.79 Å². The third-order valence-corrected chi connectivity index (χ3v) is 5.49. The Kier molecular flexibility index (Phi) is 6.59. The third kappa shape index (κ3) is 5.63. The molecule has 2 N–H and O–H groups in total. The lowest BCUT2D eigenvalue weighted by Gasteiger charge is -2.12. The summed E-state index contributed by atoms with van der Waals surface area (Å²) in [6, 6.07) is 20.0. The summed E-state index contributed by atoms with van der Waals surface area (Å²) in [6.45, 7) is 1.96. The van der Waals surface area contributed by atoms with E-state index in [1.54, 1.807) is 48.9 Å². The predicted molar refractivity (Wildman–Crippen MR) is 136 cm³/mol. The Hall–Kier alpha value is -5.43. The van der Waals surface area contributed by atoms with E-state index in [4.69, 9.17) is 9.68 Å². The number of nitrogens with zero attached hydrogens (tertiary/aromatic N) is 6. The first-order chi connectivity index (χ1) is 18.1. The molecule has 2 aromatic carbocycles. The second kappa shape index (κ2) is 10.5. The molecule has 3 aromatic heterocycles. The van der Waals surface area contributed by atoms with E-state index < -0.39 is 0 Å². The van der Waals surface area contributed by atoms with E-state index in [2.05, 4.69) is 35.8 Å². The summed E-state index contributed by atoms with van der Waals surface area (Å²) in [5, 5.41) is 22.4. The summed E-state index contributed by atoms with van der Waals surface area (Å²) in [5.41, 5.74) is 5.38. The fourth-order valence-corrected chi connectivity index (χ4v) is 3.57. The van der Waals surface area contributed by atoms with Gasteiger partial charge in [0.05, 0.1) is 12.1 Å². The van der Waals surface area contributed by atoms with Gasteiger partial charge in [-0.3, -0.25) is 9.78 Å². The van der Waals surface area contributed by atoms with Crippen molar-refractivity contribution < 1.29 is 9.21 Å². The largest absolute Gasteiger partial charge is 0.413 e. The number of carbonyl (C=O) groups is 1. The average Bonchev–Trinajstić information content (AvgIpc) is 3.39. The van der Waals surface area contributed by atoms with Gasteiger partial charge in [0.1, 0.15) is 0 Å². The van der Waals surface area contributed by atoms with Crippen molar-refractivity contribution in [2.45, 2.75) is 13.3 Å². The molecule has 0 spiro atoms. The zero-order valence-electron chi connectivity index (χ0n) is 19.7. The molecule has 0 atom stereocenters. The van der Waals surface area contributed by atoms with E-state index in [1.807, 2.05) is 43.3 Å². The summed E-state index contributed by atoms with van der Waals surface area (Å²) in [5.74, 6) is 0.446. The van der Waals surface area contributed by atoms with E-state index >= 15 is 0 Å². The molecule has 0 fully saturated rings. The Bertz CT molecular complexity index is 1590. The Balaban J connectivity index is 1.27. The number of aromatic nitrogens is 5. The standard InChI is InChI=1S/C27H20N8O2/c1-17-4-9-21(14-23(17)33-27-30-12-10-22(32-27)20-3-2-11-29-16-20)31-26(36)19-7-5-18(6-8-19)13-24-34-35-25(15-28)37-24/h2-12,14,16H,13H2,1H3,(H,31,36)(H,30,32,33). The highest BCUT2D eigenvalue weighted by Gasteiger charge is 2.11. The van der Waals surface area contributed by atoms with Gasteiger partial charge in [-0.25, -0.2) is 9.97 Å². The number of aryl methyl sites for hydroxylation is 1. The van der Waals surface area contributed by atoms with Crippen LogP contribution in [0.1, 0.15) is 33.3 Å². The number of rotatable bonds is 7. The van der Waals surface area contributed by atoms with E-state index in [0.717, 1.165) is 28.1 Å². The number of benzene rings is 2. The van der Waals surface area contributed by atoms with E-state index in [-0.39, 0.29) is 11.8 Å². The molecule has 10 nitrogen and oxygen atoms in total. The van der Waals surface area contributed by atoms with Gasteiger partial charge in [0.25, 0.3) is 5.91 Å². The average molecular weight is 489 g/mol. The summed E-state index contributed by atoms with van der Waals surface area (Å²) in [6.07, 6.45) is 5.51. The minimum atomic E-state index is -0.249. The summed E-state index contributed by atoms with van der Waals surface area (Å²) >= 11 is 0. The highest BCUT2D eigenvalue weighted by molar-refractivity contribution is 6.04. The van der Waals surface area contributed by atoms with Crippen molar-refractivity contribution in [1.29, 1.82) is 5.26 Å². The van der Waals surface area contributed by atoms with Crippen LogP contribution >= 0.6 is 0 Å². The number of hydrogen-bond donors (Lipinski definition) is 2. The lowest BCUT2D eigenvalue weighted by molar-refractivity contribution is 0.102. The molecule has 5 aromatic rings. The van der Waals surface area contributed by atoms with Crippen LogP contribution in [0.5, 0.6) is 0 Å². The molecule has 3 heterocycles. The van der Waals surface area contributed by atoms with Crippen LogP contribution < -0.4 is 10.6 Å². The van der Waals surface area contributed by atoms with Crippen LogP contribution in [-0.4, -0.2) is 31.1 Å². The van der Waals surface area contributed by atoms with Crippen LogP contribution in [0.25, 0.3) is 11.3 Å². The van der Waals surface area contributed by atoms with Gasteiger partial charge in [-0.1, -0.05) is 23.3 Å². The zero-order valence-corrected chi connectivity index (χ0v) is 19.7. The summed E-state index contributed by atoms with van der Waals surface area (Å²) in [4.78, 5) is 25.9. The van der Waals surface area contributed by atoms with Gasteiger partial charge in [0, 0.05) is 41.1 Å². The second-order valence-electron chi connectivity index (χ2n) is 8.10. The lowest BCUT2D eigenvalue weighted by atomic mass is 10.1. The maximum absolute atomic E-state index is 12.8. The molecule has 1 amide bonds. The van der Waals surface area contributed by atoms with Crippen LogP contribution in [0.2, 0.25) is 0 Å². The summed E-state index contributed by atoms with van der Waals surface area (Å²) in [7, 11) is 0. The first kappa shape index (κ1) is 23.3. The fourth-order valence-electron chi connectivity index (χ4n) is 3.57. The topological polar surface area (TPSA) is 143 Å². The number of amides is 1. The van der Waals surface area contributed by atoms with Gasteiger partial charge >= 0.3 is 5.89 Å². The van der Waals surface area contributed by atoms with Crippen LogP contribution in [0.4, 0.5) is 17.3 Å². The number of nitrogens with one attached hydrogen (secondary N) is 2. The van der Waals surface area contributed by atoms with Gasteiger partial charge < -0.3 is 15.1 Å². The number of pyridine rings is 1. The van der Waals surface area contributed by atoms with Gasteiger partial charge in [0.2, 0.25) is 11.8 Å². The molecule has 0 unspecified atom stereocenters. The maximum atomic E-state index is 12.8. The quantitative estimate of drug-likeness (QED) is 0.333. The highest BCUT2D eigenvalue weighted by Crippen LogP contribution is 2.24. The highest BCUT2D eigenvalue weighted by atomic mass is 16.4. The first-order valence-corrected chi connectivity index (χ1v) is 11.3. The van der Waals surface area contributed by atoms with Gasteiger partial charge in [-0.15, -0.1) is 5.10 Å². The zero-order chi connectivity index (χ0) is 25.6. The van der Waals surface area contributed by atoms with Crippen LogP contribution in [0.3, 0.4) is 0 Å². The van der Waals surface area contributed by atoms with Crippen molar-refractivity contribution in [2.24, 2.45) is 0 Å². The number of carbonyl (C=O) groups excluding carboxylic acids is 1. The first-order valence-electron chi connectivity index (χ1n) is 11.3. The van der Waals surface area contributed by atoms with Gasteiger partial charge in [-0.2, -0.15) is 5.26 Å². The van der Waals surface area contributed by atoms with Crippen molar-refractivity contribution in [3.05, 3.63) is 108 Å². The minimum Gasteiger partial charge on any atom is -0.413 e. The molecular weight excluding hydrogens is 468 g/mol. The Morgan fingerprint density at radius 1 is 1.05 bits per heavy atom. The smallest absolute Gasteiger partial charge is 0.321 e. The lowest BCUT2D eigenvalue weighted by Crippen LogP contribution is -2.12. The number of anilines is 3. The Morgan fingerprint density at radius 2 is 1.92 bits per heavy atom. The molecule has 0 aliphatic carbocycles. The molecule has 0 aliphatic rings. The van der Waals surface area contributed by atoms with E-state index in [1.165, 1.54) is 0 Å². The Morgan fingerprint density at radius 3 is 2.68 bits per heavy atom. The molecule has 10 heteroatoms. The number of nitriles is 1. The van der Waals surface area contributed by atoms with Crippen molar-refractivity contribution in [2.75, 3.05) is 10.6 Å². The molecule has 0 radical (unpaired) electrons. The molecule has 180 valence electrons. The van der Waals surface area contributed by atoms with E-state index in [0.29, 0.717) is 29.5 Å². The number of hydrogen-bond acceptors (Lipinski definition) is 9. The normalized spacial score (nSPS) is 10.5. The third-order valence-electron chi connectivity index (χ3n) is 5.49. The Labute approximate surface area is 212 Å². The fraction of sp³-hybridized carbons (Fsp3) is 0.0741. The van der Waals surface area contributed by atoms with Gasteiger partial charge in [-0.05, 0) is 60.5 Å². The second-order valence-corrected chi connectivity index (χ2v) is 8.10. The molecular formula is C27H20N8O2.